The van der Waals surface area contributed by atoms with Crippen molar-refractivity contribution in [2.45, 2.75) is 31.8 Å². The van der Waals surface area contributed by atoms with E-state index in [-0.39, 0.29) is 12.5 Å². The van der Waals surface area contributed by atoms with Crippen LogP contribution in [0, 0.1) is 5.92 Å². The molecule has 1 N–H and O–H groups in total. The van der Waals surface area contributed by atoms with E-state index in [0.29, 0.717) is 31.6 Å². The van der Waals surface area contributed by atoms with Crippen molar-refractivity contribution in [3.63, 3.8) is 0 Å². The van der Waals surface area contributed by atoms with Crippen LogP contribution in [0.4, 0.5) is 8.78 Å². The van der Waals surface area contributed by atoms with E-state index in [1.165, 1.54) is 0 Å². The molecular weight excluding hydrogens is 238 g/mol. The van der Waals surface area contributed by atoms with Gasteiger partial charge in [0, 0.05) is 19.1 Å². The molecule has 0 spiro atoms. The van der Waals surface area contributed by atoms with E-state index >= 15 is 0 Å². The molecule has 1 heterocycles. The minimum atomic E-state index is -2.35. The monoisotopic (exact) mass is 256 g/mol. The quantitative estimate of drug-likeness (QED) is 0.897. The smallest absolute Gasteiger partial charge is 0.245 e. The fourth-order valence-electron chi connectivity index (χ4n) is 2.54. The second kappa shape index (κ2) is 6.25. The molecule has 0 aromatic heterocycles. The Kier molecular flexibility index (Phi) is 4.66. The minimum absolute atomic E-state index is 0.0151. The van der Waals surface area contributed by atoms with Gasteiger partial charge in [0.2, 0.25) is 6.43 Å². The highest BCUT2D eigenvalue weighted by Crippen LogP contribution is 2.36. The van der Waals surface area contributed by atoms with Crippen LogP contribution in [0.25, 0.3) is 0 Å². The zero-order valence-corrected chi connectivity index (χ0v) is 10.2. The number of alkyl halides is 2. The third-order valence-electron chi connectivity index (χ3n) is 3.59. The van der Waals surface area contributed by atoms with Gasteiger partial charge in [-0.15, -0.1) is 0 Å². The zero-order valence-electron chi connectivity index (χ0n) is 10.2. The van der Waals surface area contributed by atoms with Crippen LogP contribution in [-0.4, -0.2) is 24.7 Å². The Hall–Kier alpha value is -1.00. The van der Waals surface area contributed by atoms with Gasteiger partial charge in [0.1, 0.15) is 0 Å². The second-order valence-corrected chi connectivity index (χ2v) is 4.71. The van der Waals surface area contributed by atoms with Crippen molar-refractivity contribution in [2.24, 2.45) is 5.92 Å². The van der Waals surface area contributed by atoms with Crippen molar-refractivity contribution >= 4 is 0 Å². The van der Waals surface area contributed by atoms with Crippen molar-refractivity contribution < 1.29 is 18.6 Å². The molecule has 0 saturated carbocycles. The van der Waals surface area contributed by atoms with Gasteiger partial charge < -0.3 is 9.84 Å². The van der Waals surface area contributed by atoms with E-state index in [2.05, 4.69) is 0 Å². The largest absolute Gasteiger partial charge is 0.392 e. The summed E-state index contributed by atoms with van der Waals surface area (Å²) in [6.45, 7) is 1.09. The van der Waals surface area contributed by atoms with Crippen molar-refractivity contribution in [3.05, 3.63) is 35.4 Å². The maximum atomic E-state index is 13.3. The molecular formula is C14H18F2O2. The molecule has 1 unspecified atom stereocenters. The number of hydrogen-bond acceptors (Lipinski definition) is 2. The zero-order chi connectivity index (χ0) is 13.0. The number of rotatable bonds is 4. The summed E-state index contributed by atoms with van der Waals surface area (Å²) >= 11 is 0. The first-order valence-electron chi connectivity index (χ1n) is 6.28. The fraction of sp³-hybridized carbons (Fsp3) is 0.571. The van der Waals surface area contributed by atoms with E-state index in [4.69, 9.17) is 9.84 Å². The molecule has 1 aromatic carbocycles. The van der Waals surface area contributed by atoms with Gasteiger partial charge in [0.15, 0.2) is 0 Å². The van der Waals surface area contributed by atoms with Crippen molar-refractivity contribution in [2.75, 3.05) is 13.2 Å². The van der Waals surface area contributed by atoms with Gasteiger partial charge in [-0.3, -0.25) is 0 Å². The van der Waals surface area contributed by atoms with Crippen LogP contribution in [0.3, 0.4) is 0 Å². The Balaban J connectivity index is 2.17. The molecule has 2 nitrogen and oxygen atoms in total. The SMILES string of the molecule is OCc1ccc(C(C(F)F)C2CCOCC2)cc1. The molecule has 18 heavy (non-hydrogen) atoms. The second-order valence-electron chi connectivity index (χ2n) is 4.71. The summed E-state index contributed by atoms with van der Waals surface area (Å²) in [5, 5.41) is 8.96. The summed E-state index contributed by atoms with van der Waals surface area (Å²) in [6.07, 6.45) is -0.971. The molecule has 100 valence electrons. The van der Waals surface area contributed by atoms with Gasteiger partial charge in [0.05, 0.1) is 6.61 Å². The van der Waals surface area contributed by atoms with E-state index < -0.39 is 12.3 Å². The number of ether oxygens (including phenoxy) is 1. The van der Waals surface area contributed by atoms with Gasteiger partial charge in [-0.25, -0.2) is 8.78 Å². The van der Waals surface area contributed by atoms with E-state index in [0.717, 1.165) is 5.56 Å². The molecule has 1 aliphatic rings. The number of aliphatic hydroxyl groups is 1. The maximum Gasteiger partial charge on any atom is 0.245 e. The third-order valence-corrected chi connectivity index (χ3v) is 3.59. The Morgan fingerprint density at radius 1 is 1.17 bits per heavy atom. The van der Waals surface area contributed by atoms with Crippen LogP contribution in [-0.2, 0) is 11.3 Å². The predicted molar refractivity (Wildman–Crippen MR) is 64.7 cm³/mol. The summed E-state index contributed by atoms with van der Waals surface area (Å²) in [5.41, 5.74) is 1.41. The molecule has 1 atom stereocenters. The lowest BCUT2D eigenvalue weighted by Crippen LogP contribution is -2.26. The van der Waals surface area contributed by atoms with Crippen LogP contribution in [0.5, 0.6) is 0 Å². The van der Waals surface area contributed by atoms with E-state index in [1.54, 1.807) is 24.3 Å². The lowest BCUT2D eigenvalue weighted by atomic mass is 9.81. The highest BCUT2D eigenvalue weighted by atomic mass is 19.3. The van der Waals surface area contributed by atoms with Gasteiger partial charge in [0.25, 0.3) is 0 Å². The highest BCUT2D eigenvalue weighted by Gasteiger charge is 2.32. The van der Waals surface area contributed by atoms with Crippen LogP contribution < -0.4 is 0 Å². The highest BCUT2D eigenvalue weighted by molar-refractivity contribution is 5.26. The lowest BCUT2D eigenvalue weighted by Gasteiger charge is -2.30. The summed E-state index contributed by atoms with van der Waals surface area (Å²) in [6, 6.07) is 6.84. The van der Waals surface area contributed by atoms with Crippen LogP contribution >= 0.6 is 0 Å². The van der Waals surface area contributed by atoms with Crippen molar-refractivity contribution in [3.8, 4) is 0 Å². The number of aliphatic hydroxyl groups excluding tert-OH is 1. The molecule has 1 aliphatic heterocycles. The van der Waals surface area contributed by atoms with Gasteiger partial charge >= 0.3 is 0 Å². The average Bonchev–Trinajstić information content (AvgIpc) is 2.40. The summed E-state index contributed by atoms with van der Waals surface area (Å²) in [4.78, 5) is 0. The fourth-order valence-corrected chi connectivity index (χ4v) is 2.54. The molecule has 1 saturated heterocycles. The topological polar surface area (TPSA) is 29.5 Å². The molecule has 4 heteroatoms. The molecule has 1 fully saturated rings. The molecule has 1 aromatic rings. The van der Waals surface area contributed by atoms with E-state index in [1.807, 2.05) is 0 Å². The van der Waals surface area contributed by atoms with Gasteiger partial charge in [-0.2, -0.15) is 0 Å². The van der Waals surface area contributed by atoms with Crippen molar-refractivity contribution in [1.29, 1.82) is 0 Å². The van der Waals surface area contributed by atoms with Crippen LogP contribution in [0.15, 0.2) is 24.3 Å². The van der Waals surface area contributed by atoms with Crippen LogP contribution in [0.2, 0.25) is 0 Å². The molecule has 0 radical (unpaired) electrons. The molecule has 2 rings (SSSR count). The first-order chi connectivity index (χ1) is 8.72. The normalized spacial score (nSPS) is 19.1. The molecule has 0 bridgehead atoms. The predicted octanol–water partition coefficient (Wildman–Crippen LogP) is 2.95. The van der Waals surface area contributed by atoms with Crippen LogP contribution in [0.1, 0.15) is 29.9 Å². The van der Waals surface area contributed by atoms with Gasteiger partial charge in [-0.1, -0.05) is 24.3 Å². The Labute approximate surface area is 106 Å². The third kappa shape index (κ3) is 3.06. The first-order valence-corrected chi connectivity index (χ1v) is 6.28. The Morgan fingerprint density at radius 2 is 1.78 bits per heavy atom. The number of halogens is 2. The van der Waals surface area contributed by atoms with E-state index in [9.17, 15) is 8.78 Å². The molecule has 0 amide bonds. The lowest BCUT2D eigenvalue weighted by molar-refractivity contribution is 0.0186. The standard InChI is InChI=1S/C14H18F2O2/c15-14(16)13(12-5-7-18-8-6-12)11-3-1-10(9-17)2-4-11/h1-4,12-14,17H,5-9H2. The molecule has 0 aliphatic carbocycles. The van der Waals surface area contributed by atoms with Crippen molar-refractivity contribution in [1.82, 2.24) is 0 Å². The summed E-state index contributed by atoms with van der Waals surface area (Å²) in [7, 11) is 0. The maximum absolute atomic E-state index is 13.3. The average molecular weight is 256 g/mol. The number of benzene rings is 1. The summed E-state index contributed by atoms with van der Waals surface area (Å²) in [5.74, 6) is -0.736. The summed E-state index contributed by atoms with van der Waals surface area (Å²) < 4.78 is 31.7. The van der Waals surface area contributed by atoms with Gasteiger partial charge in [-0.05, 0) is 29.9 Å². The number of hydrogen-bond donors (Lipinski definition) is 1. The minimum Gasteiger partial charge on any atom is -0.392 e. The first kappa shape index (κ1) is 13.4. The Morgan fingerprint density at radius 3 is 2.28 bits per heavy atom. The Bertz CT molecular complexity index is 359.